The maximum absolute atomic E-state index is 11.3. The van der Waals surface area contributed by atoms with Crippen LogP contribution in [0.2, 0.25) is 0 Å². The summed E-state index contributed by atoms with van der Waals surface area (Å²) in [4.78, 5) is 22.6. The van der Waals surface area contributed by atoms with Crippen molar-refractivity contribution in [3.05, 3.63) is 94.0 Å². The van der Waals surface area contributed by atoms with Crippen LogP contribution in [0.4, 0.5) is 0 Å². The number of hydrogen-bond donors (Lipinski definition) is 0. The van der Waals surface area contributed by atoms with Crippen LogP contribution < -0.4 is 9.47 Å². The van der Waals surface area contributed by atoms with Crippen LogP contribution in [0.1, 0.15) is 86.8 Å². The third kappa shape index (κ3) is 11.9. The Labute approximate surface area is 260 Å². The number of hydrogen-bond acceptors (Lipinski definition) is 6. The van der Waals surface area contributed by atoms with Crippen molar-refractivity contribution in [2.45, 2.75) is 64.9 Å². The Kier molecular flexibility index (Phi) is 14.5. The smallest absolute Gasteiger partial charge is 0.186 e. The summed E-state index contributed by atoms with van der Waals surface area (Å²) in [6, 6.07) is 20.7. The number of ether oxygens (including phenoxy) is 2. The highest BCUT2D eigenvalue weighted by atomic mass is 32.2. The molecular formula is C36H42O4S2. The predicted octanol–water partition coefficient (Wildman–Crippen LogP) is 9.94. The molecule has 0 aliphatic carbocycles. The summed E-state index contributed by atoms with van der Waals surface area (Å²) in [6.45, 7) is 8.81. The molecule has 3 rings (SSSR count). The summed E-state index contributed by atoms with van der Waals surface area (Å²) < 4.78 is 12.5. The SMILES string of the molecule is CCCCOc1cc(C=Cc2ccc(CSC(C)=O)cc2)c(OCCCC)cc1C=Cc1ccc(CSC(C)=O)cc1. The molecule has 3 aromatic carbocycles. The molecule has 0 heterocycles. The fraction of sp³-hybridized carbons (Fsp3) is 0.333. The van der Waals surface area contributed by atoms with E-state index in [1.54, 1.807) is 13.8 Å². The Balaban J connectivity index is 1.88. The van der Waals surface area contributed by atoms with E-state index in [-0.39, 0.29) is 10.2 Å². The van der Waals surface area contributed by atoms with Crippen LogP contribution in [-0.4, -0.2) is 23.4 Å². The van der Waals surface area contributed by atoms with Crippen LogP contribution in [0.3, 0.4) is 0 Å². The van der Waals surface area contributed by atoms with Crippen molar-refractivity contribution in [2.24, 2.45) is 0 Å². The van der Waals surface area contributed by atoms with Crippen LogP contribution in [-0.2, 0) is 21.1 Å². The molecule has 0 spiro atoms. The van der Waals surface area contributed by atoms with E-state index in [1.807, 2.05) is 0 Å². The Morgan fingerprint density at radius 1 is 0.619 bits per heavy atom. The summed E-state index contributed by atoms with van der Waals surface area (Å²) >= 11 is 2.65. The maximum atomic E-state index is 11.3. The Bertz CT molecular complexity index is 1240. The monoisotopic (exact) mass is 602 g/mol. The highest BCUT2D eigenvalue weighted by Gasteiger charge is 2.10. The van der Waals surface area contributed by atoms with Gasteiger partial charge in [0.05, 0.1) is 13.2 Å². The molecule has 0 radical (unpaired) electrons. The highest BCUT2D eigenvalue weighted by molar-refractivity contribution is 8.13. The second kappa shape index (κ2) is 18.3. The van der Waals surface area contributed by atoms with Crippen LogP contribution in [0.5, 0.6) is 11.5 Å². The number of carbonyl (C=O) groups excluding carboxylic acids is 2. The summed E-state index contributed by atoms with van der Waals surface area (Å²) in [5.41, 5.74) is 6.35. The van der Waals surface area contributed by atoms with Crippen molar-refractivity contribution in [1.29, 1.82) is 0 Å². The molecule has 0 amide bonds. The summed E-state index contributed by atoms with van der Waals surface area (Å²) in [7, 11) is 0. The van der Waals surface area contributed by atoms with Gasteiger partial charge in [0.1, 0.15) is 11.5 Å². The molecule has 3 aromatic rings. The van der Waals surface area contributed by atoms with Crippen molar-refractivity contribution in [2.75, 3.05) is 13.2 Å². The van der Waals surface area contributed by atoms with E-state index in [9.17, 15) is 9.59 Å². The Morgan fingerprint density at radius 3 is 1.33 bits per heavy atom. The predicted molar refractivity (Wildman–Crippen MR) is 182 cm³/mol. The van der Waals surface area contributed by atoms with Crippen molar-refractivity contribution in [1.82, 2.24) is 0 Å². The average Bonchev–Trinajstić information content (AvgIpc) is 2.99. The number of rotatable bonds is 16. The molecule has 0 aliphatic rings. The first kappa shape index (κ1) is 33.3. The van der Waals surface area contributed by atoms with E-state index in [1.165, 1.54) is 23.5 Å². The Hall–Kier alpha value is -3.22. The molecule has 0 unspecified atom stereocenters. The van der Waals surface area contributed by atoms with Crippen LogP contribution in [0, 0.1) is 0 Å². The van der Waals surface area contributed by atoms with Gasteiger partial charge in [-0.1, -0.05) is 123 Å². The lowest BCUT2D eigenvalue weighted by molar-refractivity contribution is -0.109. The van der Waals surface area contributed by atoms with Crippen LogP contribution in [0.15, 0.2) is 60.7 Å². The third-order valence-corrected chi connectivity index (χ3v) is 8.18. The fourth-order valence-electron chi connectivity index (χ4n) is 3.95. The van der Waals surface area contributed by atoms with E-state index in [2.05, 4.69) is 98.8 Å². The molecule has 0 bridgehead atoms. The van der Waals surface area contributed by atoms with Gasteiger partial charge < -0.3 is 9.47 Å². The summed E-state index contributed by atoms with van der Waals surface area (Å²) in [5.74, 6) is 3.03. The molecule has 222 valence electrons. The van der Waals surface area contributed by atoms with Gasteiger partial charge in [-0.25, -0.2) is 0 Å². The standard InChI is InChI=1S/C36H42O4S2/c1-5-7-21-39-35-23-34(20-18-30-11-15-32(16-12-30)26-42-28(4)38)36(40-22-8-6-2)24-33(35)19-17-29-9-13-31(14-10-29)25-41-27(3)37/h9-20,23-24H,5-8,21-22,25-26H2,1-4H3. The van der Waals surface area contributed by atoms with E-state index in [0.717, 1.165) is 70.6 Å². The van der Waals surface area contributed by atoms with Gasteiger partial charge in [0.2, 0.25) is 0 Å². The minimum atomic E-state index is 0.128. The molecule has 0 atom stereocenters. The lowest BCUT2D eigenvalue weighted by atomic mass is 10.0. The zero-order valence-electron chi connectivity index (χ0n) is 25.2. The van der Waals surface area contributed by atoms with Crippen LogP contribution in [0.25, 0.3) is 24.3 Å². The molecule has 0 saturated heterocycles. The number of benzene rings is 3. The largest absolute Gasteiger partial charge is 0.493 e. The van der Waals surface area contributed by atoms with Gasteiger partial charge in [-0.3, -0.25) is 9.59 Å². The van der Waals surface area contributed by atoms with Gasteiger partial charge in [-0.15, -0.1) is 0 Å². The first-order valence-corrected chi connectivity index (χ1v) is 16.6. The van der Waals surface area contributed by atoms with Gasteiger partial charge in [0, 0.05) is 36.5 Å². The normalized spacial score (nSPS) is 11.3. The minimum absolute atomic E-state index is 0.128. The third-order valence-electron chi connectivity index (χ3n) is 6.41. The van der Waals surface area contributed by atoms with E-state index in [4.69, 9.17) is 9.47 Å². The van der Waals surface area contributed by atoms with Crippen molar-refractivity contribution in [3.63, 3.8) is 0 Å². The molecule has 4 nitrogen and oxygen atoms in total. The van der Waals surface area contributed by atoms with Crippen molar-refractivity contribution >= 4 is 58.1 Å². The second-order valence-corrected chi connectivity index (χ2v) is 12.3. The first-order chi connectivity index (χ1) is 20.4. The second-order valence-electron chi connectivity index (χ2n) is 10.0. The molecule has 0 fully saturated rings. The quantitative estimate of drug-likeness (QED) is 0.120. The average molecular weight is 603 g/mol. The molecule has 0 N–H and O–H groups in total. The molecule has 0 saturated carbocycles. The van der Waals surface area contributed by atoms with Gasteiger partial charge >= 0.3 is 0 Å². The fourth-order valence-corrected chi connectivity index (χ4v) is 5.07. The Morgan fingerprint density at radius 2 is 1.00 bits per heavy atom. The van der Waals surface area contributed by atoms with Gasteiger partial charge in [0.25, 0.3) is 0 Å². The topological polar surface area (TPSA) is 52.6 Å². The molecular weight excluding hydrogens is 561 g/mol. The molecule has 42 heavy (non-hydrogen) atoms. The molecule has 0 aliphatic heterocycles. The number of unbranched alkanes of at least 4 members (excludes halogenated alkanes) is 2. The van der Waals surface area contributed by atoms with E-state index >= 15 is 0 Å². The molecule has 6 heteroatoms. The van der Waals surface area contributed by atoms with Gasteiger partial charge in [-0.2, -0.15) is 0 Å². The lowest BCUT2D eigenvalue weighted by Crippen LogP contribution is -2.02. The number of carbonyl (C=O) groups is 2. The lowest BCUT2D eigenvalue weighted by Gasteiger charge is -2.15. The highest BCUT2D eigenvalue weighted by Crippen LogP contribution is 2.33. The van der Waals surface area contributed by atoms with E-state index in [0.29, 0.717) is 24.7 Å². The zero-order chi connectivity index (χ0) is 30.2. The number of thioether (sulfide) groups is 2. The maximum Gasteiger partial charge on any atom is 0.186 e. The summed E-state index contributed by atoms with van der Waals surface area (Å²) in [6.07, 6.45) is 12.4. The van der Waals surface area contributed by atoms with Gasteiger partial charge in [-0.05, 0) is 47.2 Å². The van der Waals surface area contributed by atoms with E-state index < -0.39 is 0 Å². The summed E-state index contributed by atoms with van der Waals surface area (Å²) in [5, 5.41) is 0.256. The first-order valence-electron chi connectivity index (χ1n) is 14.6. The van der Waals surface area contributed by atoms with Crippen LogP contribution >= 0.6 is 23.5 Å². The van der Waals surface area contributed by atoms with Crippen molar-refractivity contribution < 1.29 is 19.1 Å². The minimum Gasteiger partial charge on any atom is -0.493 e. The van der Waals surface area contributed by atoms with Crippen molar-refractivity contribution in [3.8, 4) is 11.5 Å². The zero-order valence-corrected chi connectivity index (χ0v) is 26.8. The molecule has 0 aromatic heterocycles. The van der Waals surface area contributed by atoms with Gasteiger partial charge in [0.15, 0.2) is 10.2 Å².